The highest BCUT2D eigenvalue weighted by molar-refractivity contribution is 5.82. The fourth-order valence-electron chi connectivity index (χ4n) is 6.11. The molecule has 0 saturated heterocycles. The van der Waals surface area contributed by atoms with Gasteiger partial charge in [-0.15, -0.1) is 0 Å². The topological polar surface area (TPSA) is 65.7 Å². The quantitative estimate of drug-likeness (QED) is 0.601. The lowest BCUT2D eigenvalue weighted by molar-refractivity contribution is -0.172. The average Bonchev–Trinajstić information content (AvgIpc) is 2.64. The number of hydrogen-bond donors (Lipinski definition) is 0. The van der Waals surface area contributed by atoms with Crippen LogP contribution in [0.5, 0.6) is 5.75 Å². The van der Waals surface area contributed by atoms with Crippen LogP contribution in [0.2, 0.25) is 0 Å². The Kier molecular flexibility index (Phi) is 3.81. The molecule has 0 atom stereocenters. The number of rotatable bonds is 4. The molecule has 0 N–H and O–H groups in total. The zero-order chi connectivity index (χ0) is 18.6. The molecule has 0 spiro atoms. The first-order valence-corrected chi connectivity index (χ1v) is 9.83. The van der Waals surface area contributed by atoms with E-state index in [0.717, 1.165) is 24.6 Å². The van der Waals surface area contributed by atoms with E-state index in [4.69, 9.17) is 13.9 Å². The Balaban J connectivity index is 1.38. The monoisotopic (exact) mass is 368 g/mol. The number of fused-ring (bicyclic) bond motifs is 1. The molecular formula is C22H24O5. The third-order valence-corrected chi connectivity index (χ3v) is 6.87. The molecule has 0 unspecified atom stereocenters. The average molecular weight is 368 g/mol. The Hall–Kier alpha value is -2.30. The van der Waals surface area contributed by atoms with E-state index in [-0.39, 0.29) is 18.0 Å². The summed E-state index contributed by atoms with van der Waals surface area (Å²) in [4.78, 5) is 25.0. The van der Waals surface area contributed by atoms with Gasteiger partial charge in [0.2, 0.25) is 0 Å². The largest absolute Gasteiger partial charge is 0.497 e. The van der Waals surface area contributed by atoms with Gasteiger partial charge in [-0.1, -0.05) is 0 Å². The van der Waals surface area contributed by atoms with Crippen molar-refractivity contribution < 1.29 is 18.7 Å². The van der Waals surface area contributed by atoms with Crippen LogP contribution in [0.15, 0.2) is 33.5 Å². The molecule has 4 aliphatic carbocycles. The lowest BCUT2D eigenvalue weighted by atomic mass is 9.49. The number of carbonyl (C=O) groups is 1. The summed E-state index contributed by atoms with van der Waals surface area (Å²) in [6.45, 7) is 0.106. The third kappa shape index (κ3) is 2.84. The zero-order valence-corrected chi connectivity index (χ0v) is 15.5. The number of carbonyl (C=O) groups excluding carboxylic acids is 1. The van der Waals surface area contributed by atoms with E-state index >= 15 is 0 Å². The lowest BCUT2D eigenvalue weighted by Crippen LogP contribution is -2.50. The summed E-state index contributed by atoms with van der Waals surface area (Å²) >= 11 is 0. The van der Waals surface area contributed by atoms with E-state index < -0.39 is 5.63 Å². The summed E-state index contributed by atoms with van der Waals surface area (Å²) in [6.07, 6.45) is 6.81. The van der Waals surface area contributed by atoms with E-state index in [9.17, 15) is 9.59 Å². The fraction of sp³-hybridized carbons (Fsp3) is 0.545. The van der Waals surface area contributed by atoms with Crippen LogP contribution in [-0.2, 0) is 16.1 Å². The van der Waals surface area contributed by atoms with Gasteiger partial charge in [-0.2, -0.15) is 0 Å². The predicted molar refractivity (Wildman–Crippen MR) is 99.4 cm³/mol. The van der Waals surface area contributed by atoms with Gasteiger partial charge < -0.3 is 13.9 Å². The predicted octanol–water partition coefficient (Wildman–Crippen LogP) is 4.06. The molecule has 142 valence electrons. The molecule has 1 aromatic heterocycles. The van der Waals surface area contributed by atoms with Crippen LogP contribution in [0.25, 0.3) is 11.0 Å². The molecule has 0 amide bonds. The van der Waals surface area contributed by atoms with Gasteiger partial charge in [-0.3, -0.25) is 4.79 Å². The van der Waals surface area contributed by atoms with Gasteiger partial charge in [-0.25, -0.2) is 4.79 Å². The van der Waals surface area contributed by atoms with Gasteiger partial charge >= 0.3 is 11.6 Å². The highest BCUT2D eigenvalue weighted by Crippen LogP contribution is 2.60. The molecule has 5 heteroatoms. The smallest absolute Gasteiger partial charge is 0.336 e. The Bertz CT molecular complexity index is 922. The molecule has 4 fully saturated rings. The highest BCUT2D eigenvalue weighted by atomic mass is 16.5. The highest BCUT2D eigenvalue weighted by Gasteiger charge is 2.55. The molecular weight excluding hydrogens is 344 g/mol. The number of esters is 1. The van der Waals surface area contributed by atoms with Crippen molar-refractivity contribution in [2.75, 3.05) is 7.11 Å². The number of ether oxygens (including phenoxy) is 2. The molecule has 1 aromatic carbocycles. The molecule has 2 aromatic rings. The fourth-order valence-corrected chi connectivity index (χ4v) is 6.11. The maximum Gasteiger partial charge on any atom is 0.336 e. The van der Waals surface area contributed by atoms with Crippen LogP contribution in [0, 0.1) is 23.2 Å². The van der Waals surface area contributed by atoms with Crippen LogP contribution in [0.1, 0.15) is 44.1 Å². The van der Waals surface area contributed by atoms with E-state index in [1.54, 1.807) is 13.2 Å². The van der Waals surface area contributed by atoms with Gasteiger partial charge in [0.15, 0.2) is 0 Å². The van der Waals surface area contributed by atoms with Gasteiger partial charge in [0.1, 0.15) is 17.9 Å². The SMILES string of the molecule is COc1ccc2c(COC(=O)C34CC5CC(CC(C5)C3)C4)cc(=O)oc2c1. The van der Waals surface area contributed by atoms with E-state index in [1.165, 1.54) is 25.3 Å². The molecule has 0 aliphatic heterocycles. The zero-order valence-electron chi connectivity index (χ0n) is 15.5. The van der Waals surface area contributed by atoms with Crippen LogP contribution in [0.3, 0.4) is 0 Å². The van der Waals surface area contributed by atoms with Crippen molar-refractivity contribution in [2.45, 2.75) is 45.1 Å². The first kappa shape index (κ1) is 16.8. The molecule has 4 aliphatic rings. The molecule has 6 rings (SSSR count). The Labute approximate surface area is 157 Å². The molecule has 4 saturated carbocycles. The Morgan fingerprint density at radius 1 is 1.11 bits per heavy atom. The van der Waals surface area contributed by atoms with Crippen molar-refractivity contribution in [3.63, 3.8) is 0 Å². The summed E-state index contributed by atoms with van der Waals surface area (Å²) in [5, 5.41) is 0.772. The standard InChI is InChI=1S/C22H24O5/c1-25-17-2-3-18-16(7-20(23)27-19(18)8-17)12-26-21(24)22-9-13-4-14(10-22)6-15(5-13)11-22/h2-3,7-8,13-15H,4-6,9-12H2,1H3. The second-order valence-electron chi connectivity index (χ2n) is 8.73. The summed E-state index contributed by atoms with van der Waals surface area (Å²) in [6, 6.07) is 6.75. The van der Waals surface area contributed by atoms with Crippen LogP contribution in [0.4, 0.5) is 0 Å². The van der Waals surface area contributed by atoms with E-state index in [1.807, 2.05) is 12.1 Å². The first-order valence-electron chi connectivity index (χ1n) is 9.83. The molecule has 5 nitrogen and oxygen atoms in total. The molecule has 1 heterocycles. The maximum absolute atomic E-state index is 13.0. The van der Waals surface area contributed by atoms with E-state index in [2.05, 4.69) is 0 Å². The molecule has 27 heavy (non-hydrogen) atoms. The van der Waals surface area contributed by atoms with Gasteiger partial charge in [0.05, 0.1) is 12.5 Å². The van der Waals surface area contributed by atoms with Crippen LogP contribution >= 0.6 is 0 Å². The minimum atomic E-state index is -0.448. The second kappa shape index (κ2) is 6.11. The number of hydrogen-bond acceptors (Lipinski definition) is 5. The molecule has 0 radical (unpaired) electrons. The number of methoxy groups -OCH3 is 1. The summed E-state index contributed by atoms with van der Waals surface area (Å²) < 4.78 is 16.2. The number of benzene rings is 1. The lowest BCUT2D eigenvalue weighted by Gasteiger charge is -2.55. The Morgan fingerprint density at radius 2 is 1.78 bits per heavy atom. The summed E-state index contributed by atoms with van der Waals surface area (Å²) in [5.41, 5.74) is 0.397. The van der Waals surface area contributed by atoms with Gasteiger partial charge in [0.25, 0.3) is 0 Å². The normalized spacial score (nSPS) is 31.2. The van der Waals surface area contributed by atoms with Crippen molar-refractivity contribution in [1.82, 2.24) is 0 Å². The minimum absolute atomic E-state index is 0.0727. The second-order valence-corrected chi connectivity index (χ2v) is 8.73. The van der Waals surface area contributed by atoms with Crippen molar-refractivity contribution >= 4 is 16.9 Å². The summed E-state index contributed by atoms with van der Waals surface area (Å²) in [7, 11) is 1.57. The van der Waals surface area contributed by atoms with Crippen molar-refractivity contribution in [3.8, 4) is 5.75 Å². The van der Waals surface area contributed by atoms with Gasteiger partial charge in [0, 0.05) is 23.1 Å². The maximum atomic E-state index is 13.0. The van der Waals surface area contributed by atoms with Crippen LogP contribution in [-0.4, -0.2) is 13.1 Å². The molecule has 4 bridgehead atoms. The van der Waals surface area contributed by atoms with Crippen molar-refractivity contribution in [1.29, 1.82) is 0 Å². The minimum Gasteiger partial charge on any atom is -0.497 e. The van der Waals surface area contributed by atoms with Crippen molar-refractivity contribution in [3.05, 3.63) is 40.2 Å². The van der Waals surface area contributed by atoms with E-state index in [0.29, 0.717) is 34.6 Å². The van der Waals surface area contributed by atoms with Gasteiger partial charge in [-0.05, 0) is 68.4 Å². The first-order chi connectivity index (χ1) is 13.0. The van der Waals surface area contributed by atoms with Crippen LogP contribution < -0.4 is 10.4 Å². The Morgan fingerprint density at radius 3 is 2.41 bits per heavy atom. The summed E-state index contributed by atoms with van der Waals surface area (Å²) in [5.74, 6) is 2.63. The van der Waals surface area contributed by atoms with Crippen molar-refractivity contribution in [2.24, 2.45) is 23.2 Å². The third-order valence-electron chi connectivity index (χ3n) is 6.87.